The van der Waals surface area contributed by atoms with E-state index in [2.05, 4.69) is 12.1 Å². The molecule has 0 N–H and O–H groups in total. The maximum Gasteiger partial charge on any atom is 0.0995 e. The van der Waals surface area contributed by atoms with Crippen molar-refractivity contribution in [1.82, 2.24) is 0 Å². The first-order valence-corrected chi connectivity index (χ1v) is 7.05. The molecule has 92 valence electrons. The highest BCUT2D eigenvalue weighted by atomic mass is 32.2. The summed E-state index contributed by atoms with van der Waals surface area (Å²) in [5.41, 5.74) is 2.25. The summed E-state index contributed by atoms with van der Waals surface area (Å²) in [5, 5.41) is 18.5. The minimum atomic E-state index is -0.397. The topological polar surface area (TPSA) is 47.6 Å². The van der Waals surface area contributed by atoms with Gasteiger partial charge >= 0.3 is 0 Å². The Morgan fingerprint density at radius 1 is 1.00 bits per heavy atom. The van der Waals surface area contributed by atoms with E-state index in [1.807, 2.05) is 48.7 Å². The fourth-order valence-corrected chi connectivity index (χ4v) is 2.38. The number of nitrogens with zero attached hydrogens (tertiary/aromatic N) is 2. The average Bonchev–Trinajstić information content (AvgIpc) is 2.49. The number of hydrogen-bond donors (Lipinski definition) is 0. The van der Waals surface area contributed by atoms with Crippen LogP contribution in [-0.2, 0) is 0 Å². The SMILES string of the molecule is CSc1ccc(C(C#N)c2ccccc2C#N)cc1. The summed E-state index contributed by atoms with van der Waals surface area (Å²) in [6.07, 6.45) is 2.02. The highest BCUT2D eigenvalue weighted by molar-refractivity contribution is 7.98. The van der Waals surface area contributed by atoms with Gasteiger partial charge in [-0.25, -0.2) is 0 Å². The molecule has 2 aromatic carbocycles. The molecule has 0 bridgehead atoms. The maximum absolute atomic E-state index is 9.41. The van der Waals surface area contributed by atoms with Crippen LogP contribution >= 0.6 is 11.8 Å². The summed E-state index contributed by atoms with van der Waals surface area (Å²) in [4.78, 5) is 1.16. The predicted molar refractivity (Wildman–Crippen MR) is 76.8 cm³/mol. The van der Waals surface area contributed by atoms with Crippen molar-refractivity contribution in [3.05, 3.63) is 65.2 Å². The van der Waals surface area contributed by atoms with E-state index in [0.717, 1.165) is 16.0 Å². The van der Waals surface area contributed by atoms with Crippen molar-refractivity contribution in [1.29, 1.82) is 10.5 Å². The van der Waals surface area contributed by atoms with Gasteiger partial charge in [0.1, 0.15) is 0 Å². The Kier molecular flexibility index (Phi) is 4.23. The largest absolute Gasteiger partial charge is 0.197 e. The quantitative estimate of drug-likeness (QED) is 0.789. The molecule has 0 aliphatic heterocycles. The van der Waals surface area contributed by atoms with Gasteiger partial charge in [0.2, 0.25) is 0 Å². The molecule has 2 aromatic rings. The maximum atomic E-state index is 9.41. The van der Waals surface area contributed by atoms with Crippen molar-refractivity contribution < 1.29 is 0 Å². The molecule has 0 fully saturated rings. The third kappa shape index (κ3) is 2.78. The van der Waals surface area contributed by atoms with Gasteiger partial charge in [0.05, 0.1) is 23.6 Å². The third-order valence-electron chi connectivity index (χ3n) is 2.97. The first-order chi connectivity index (χ1) is 9.30. The van der Waals surface area contributed by atoms with Gasteiger partial charge in [-0.15, -0.1) is 11.8 Å². The molecule has 3 heteroatoms. The summed E-state index contributed by atoms with van der Waals surface area (Å²) in [6.45, 7) is 0. The number of benzene rings is 2. The van der Waals surface area contributed by atoms with Crippen molar-refractivity contribution in [2.75, 3.05) is 6.26 Å². The minimum Gasteiger partial charge on any atom is -0.197 e. The van der Waals surface area contributed by atoms with Crippen LogP contribution < -0.4 is 0 Å². The summed E-state index contributed by atoms with van der Waals surface area (Å²) >= 11 is 1.67. The molecule has 0 saturated carbocycles. The van der Waals surface area contributed by atoms with Gasteiger partial charge in [-0.2, -0.15) is 10.5 Å². The molecule has 0 spiro atoms. The van der Waals surface area contributed by atoms with Gasteiger partial charge in [0, 0.05) is 4.90 Å². The molecule has 19 heavy (non-hydrogen) atoms. The first-order valence-electron chi connectivity index (χ1n) is 5.82. The molecule has 0 radical (unpaired) electrons. The Bertz CT molecular complexity index is 648. The molecular formula is C16H12N2S. The van der Waals surface area contributed by atoms with E-state index >= 15 is 0 Å². The van der Waals surface area contributed by atoms with Crippen LogP contribution in [0.4, 0.5) is 0 Å². The van der Waals surface area contributed by atoms with Crippen LogP contribution in [-0.4, -0.2) is 6.26 Å². The lowest BCUT2D eigenvalue weighted by atomic mass is 9.90. The number of rotatable bonds is 3. The van der Waals surface area contributed by atoms with Crippen molar-refractivity contribution in [3.63, 3.8) is 0 Å². The van der Waals surface area contributed by atoms with Gasteiger partial charge in [0.15, 0.2) is 0 Å². The summed E-state index contributed by atoms with van der Waals surface area (Å²) in [6, 6.07) is 19.6. The highest BCUT2D eigenvalue weighted by Gasteiger charge is 2.16. The van der Waals surface area contributed by atoms with Crippen LogP contribution in [0.2, 0.25) is 0 Å². The third-order valence-corrected chi connectivity index (χ3v) is 3.71. The van der Waals surface area contributed by atoms with Gasteiger partial charge in [-0.1, -0.05) is 30.3 Å². The predicted octanol–water partition coefficient (Wildman–Crippen LogP) is 3.94. The van der Waals surface area contributed by atoms with Gasteiger partial charge in [-0.05, 0) is 35.6 Å². The second kappa shape index (κ2) is 6.09. The van der Waals surface area contributed by atoms with Crippen LogP contribution in [0.3, 0.4) is 0 Å². The molecule has 0 aliphatic rings. The lowest BCUT2D eigenvalue weighted by molar-refractivity contribution is 1.03. The van der Waals surface area contributed by atoms with Crippen LogP contribution in [0.25, 0.3) is 0 Å². The van der Waals surface area contributed by atoms with Crippen molar-refractivity contribution in [3.8, 4) is 12.1 Å². The molecule has 1 unspecified atom stereocenters. The molecule has 2 nitrogen and oxygen atoms in total. The fourth-order valence-electron chi connectivity index (χ4n) is 1.97. The van der Waals surface area contributed by atoms with E-state index in [1.165, 1.54) is 0 Å². The Balaban J connectivity index is 2.45. The average molecular weight is 264 g/mol. The molecule has 0 heterocycles. The highest BCUT2D eigenvalue weighted by Crippen LogP contribution is 2.28. The van der Waals surface area contributed by atoms with E-state index in [1.54, 1.807) is 17.8 Å². The Hall–Kier alpha value is -2.23. The number of nitriles is 2. The molecule has 0 amide bonds. The summed E-state index contributed by atoms with van der Waals surface area (Å²) in [7, 11) is 0. The van der Waals surface area contributed by atoms with E-state index in [4.69, 9.17) is 5.26 Å². The molecule has 1 atom stereocenters. The zero-order valence-electron chi connectivity index (χ0n) is 10.5. The molecule has 0 saturated heterocycles. The van der Waals surface area contributed by atoms with Crippen LogP contribution in [0.1, 0.15) is 22.6 Å². The normalized spacial score (nSPS) is 11.3. The number of thioether (sulfide) groups is 1. The van der Waals surface area contributed by atoms with Crippen molar-refractivity contribution in [2.24, 2.45) is 0 Å². The van der Waals surface area contributed by atoms with Crippen LogP contribution in [0.15, 0.2) is 53.4 Å². The zero-order valence-corrected chi connectivity index (χ0v) is 11.3. The van der Waals surface area contributed by atoms with Crippen molar-refractivity contribution in [2.45, 2.75) is 10.8 Å². The van der Waals surface area contributed by atoms with Crippen LogP contribution in [0.5, 0.6) is 0 Å². The van der Waals surface area contributed by atoms with E-state index in [0.29, 0.717) is 5.56 Å². The van der Waals surface area contributed by atoms with Gasteiger partial charge < -0.3 is 0 Å². The molecule has 0 aromatic heterocycles. The minimum absolute atomic E-state index is 0.397. The molecular weight excluding hydrogens is 252 g/mol. The Morgan fingerprint density at radius 2 is 1.68 bits per heavy atom. The zero-order chi connectivity index (χ0) is 13.7. The Labute approximate surface area is 117 Å². The summed E-state index contributed by atoms with van der Waals surface area (Å²) < 4.78 is 0. The second-order valence-electron chi connectivity index (χ2n) is 4.03. The Morgan fingerprint density at radius 3 is 2.26 bits per heavy atom. The lowest BCUT2D eigenvalue weighted by Crippen LogP contribution is -2.00. The van der Waals surface area contributed by atoms with Crippen molar-refractivity contribution >= 4 is 11.8 Å². The monoisotopic (exact) mass is 264 g/mol. The van der Waals surface area contributed by atoms with Gasteiger partial charge in [-0.3, -0.25) is 0 Å². The number of hydrogen-bond acceptors (Lipinski definition) is 3. The molecule has 2 rings (SSSR count). The lowest BCUT2D eigenvalue weighted by Gasteiger charge is -2.11. The smallest absolute Gasteiger partial charge is 0.0995 e. The van der Waals surface area contributed by atoms with E-state index < -0.39 is 5.92 Å². The van der Waals surface area contributed by atoms with Gasteiger partial charge in [0.25, 0.3) is 0 Å². The van der Waals surface area contributed by atoms with Crippen LogP contribution in [0, 0.1) is 22.7 Å². The summed E-state index contributed by atoms with van der Waals surface area (Å²) in [5.74, 6) is -0.397. The first kappa shape index (κ1) is 13.2. The van der Waals surface area contributed by atoms with E-state index in [9.17, 15) is 5.26 Å². The molecule has 0 aliphatic carbocycles. The van der Waals surface area contributed by atoms with E-state index in [-0.39, 0.29) is 0 Å². The standard InChI is InChI=1S/C16H12N2S/c1-19-14-8-6-12(7-9-14)16(11-18)15-5-3-2-4-13(15)10-17/h2-9,16H,1H3. The fraction of sp³-hybridized carbons (Fsp3) is 0.125. The second-order valence-corrected chi connectivity index (χ2v) is 4.91.